The van der Waals surface area contributed by atoms with Crippen LogP contribution in [0.15, 0.2) is 23.0 Å². The molecule has 1 atom stereocenters. The van der Waals surface area contributed by atoms with Gasteiger partial charge in [0.25, 0.3) is 5.56 Å². The minimum Gasteiger partial charge on any atom is -0.312 e. The standard InChI is InChI=1S/C12H17F3N2O/c1-3-9(2)16-7-8-17-10(12(13,14)15)5-4-6-11(17)18/h4-6,9,16H,3,7-8H2,1-2H3. The Bertz CT molecular complexity index is 440. The highest BCUT2D eigenvalue weighted by Gasteiger charge is 2.33. The van der Waals surface area contributed by atoms with Gasteiger partial charge in [-0.3, -0.25) is 4.79 Å². The molecule has 0 saturated heterocycles. The fraction of sp³-hybridized carbons (Fsp3) is 0.583. The van der Waals surface area contributed by atoms with Crippen LogP contribution in [0, 0.1) is 0 Å². The van der Waals surface area contributed by atoms with Crippen LogP contribution < -0.4 is 10.9 Å². The predicted octanol–water partition coefficient (Wildman–Crippen LogP) is 2.26. The molecular weight excluding hydrogens is 245 g/mol. The molecule has 1 aromatic rings. The number of nitrogens with zero attached hydrogens (tertiary/aromatic N) is 1. The highest BCUT2D eigenvalue weighted by molar-refractivity contribution is 5.10. The van der Waals surface area contributed by atoms with Crippen LogP contribution in [0.25, 0.3) is 0 Å². The Hall–Kier alpha value is -1.30. The Kier molecular flexibility index (Phi) is 4.95. The van der Waals surface area contributed by atoms with Gasteiger partial charge in [0, 0.05) is 25.2 Å². The van der Waals surface area contributed by atoms with Crippen molar-refractivity contribution in [1.82, 2.24) is 9.88 Å². The summed E-state index contributed by atoms with van der Waals surface area (Å²) in [5.74, 6) is 0. The average Bonchev–Trinajstić information content (AvgIpc) is 2.29. The minimum absolute atomic E-state index is 0.0128. The van der Waals surface area contributed by atoms with E-state index in [9.17, 15) is 18.0 Å². The van der Waals surface area contributed by atoms with Gasteiger partial charge in [-0.05, 0) is 19.4 Å². The maximum Gasteiger partial charge on any atom is 0.431 e. The normalized spacial score (nSPS) is 13.6. The summed E-state index contributed by atoms with van der Waals surface area (Å²) in [6.45, 7) is 4.27. The Balaban J connectivity index is 2.84. The van der Waals surface area contributed by atoms with Crippen molar-refractivity contribution in [2.75, 3.05) is 6.54 Å². The van der Waals surface area contributed by atoms with Crippen molar-refractivity contribution >= 4 is 0 Å². The zero-order valence-corrected chi connectivity index (χ0v) is 10.4. The van der Waals surface area contributed by atoms with Crippen molar-refractivity contribution in [1.29, 1.82) is 0 Å². The van der Waals surface area contributed by atoms with Crippen molar-refractivity contribution in [2.45, 2.75) is 39.0 Å². The van der Waals surface area contributed by atoms with E-state index in [0.29, 0.717) is 6.54 Å². The van der Waals surface area contributed by atoms with Crippen LogP contribution in [0.4, 0.5) is 13.2 Å². The van der Waals surface area contributed by atoms with Gasteiger partial charge in [0.05, 0.1) is 0 Å². The molecule has 1 rings (SSSR count). The molecule has 0 aliphatic rings. The van der Waals surface area contributed by atoms with E-state index < -0.39 is 17.4 Å². The summed E-state index contributed by atoms with van der Waals surface area (Å²) in [6.07, 6.45) is -3.62. The summed E-state index contributed by atoms with van der Waals surface area (Å²) >= 11 is 0. The quantitative estimate of drug-likeness (QED) is 0.883. The predicted molar refractivity (Wildman–Crippen MR) is 63.5 cm³/mol. The van der Waals surface area contributed by atoms with Crippen LogP contribution in [-0.2, 0) is 12.7 Å². The van der Waals surface area contributed by atoms with Crippen LogP contribution in [0.5, 0.6) is 0 Å². The second-order valence-electron chi connectivity index (χ2n) is 4.16. The van der Waals surface area contributed by atoms with Gasteiger partial charge < -0.3 is 9.88 Å². The van der Waals surface area contributed by atoms with E-state index in [2.05, 4.69) is 5.32 Å². The summed E-state index contributed by atoms with van der Waals surface area (Å²) in [7, 11) is 0. The molecule has 0 radical (unpaired) electrons. The highest BCUT2D eigenvalue weighted by atomic mass is 19.4. The number of hydrogen-bond acceptors (Lipinski definition) is 2. The molecule has 6 heteroatoms. The van der Waals surface area contributed by atoms with Gasteiger partial charge in [-0.25, -0.2) is 0 Å². The Morgan fingerprint density at radius 1 is 1.39 bits per heavy atom. The summed E-state index contributed by atoms with van der Waals surface area (Å²) in [5, 5.41) is 3.06. The lowest BCUT2D eigenvalue weighted by Crippen LogP contribution is -2.34. The second-order valence-corrected chi connectivity index (χ2v) is 4.16. The van der Waals surface area contributed by atoms with Crippen LogP contribution >= 0.6 is 0 Å². The molecule has 0 aromatic carbocycles. The fourth-order valence-electron chi connectivity index (χ4n) is 1.57. The first kappa shape index (κ1) is 14.8. The molecule has 18 heavy (non-hydrogen) atoms. The minimum atomic E-state index is -4.50. The lowest BCUT2D eigenvalue weighted by atomic mass is 10.2. The Morgan fingerprint density at radius 3 is 2.61 bits per heavy atom. The molecule has 1 N–H and O–H groups in total. The second kappa shape index (κ2) is 6.04. The third-order valence-corrected chi connectivity index (χ3v) is 2.78. The summed E-state index contributed by atoms with van der Waals surface area (Å²) < 4.78 is 38.9. The number of hydrogen-bond donors (Lipinski definition) is 1. The van der Waals surface area contributed by atoms with E-state index in [-0.39, 0.29) is 12.6 Å². The molecule has 0 saturated carbocycles. The van der Waals surface area contributed by atoms with E-state index in [4.69, 9.17) is 0 Å². The number of rotatable bonds is 5. The SMILES string of the molecule is CCC(C)NCCn1c(C(F)(F)F)cccc1=O. The van der Waals surface area contributed by atoms with Gasteiger partial charge in [-0.2, -0.15) is 13.2 Å². The van der Waals surface area contributed by atoms with Gasteiger partial charge in [0.15, 0.2) is 0 Å². The lowest BCUT2D eigenvalue weighted by Gasteiger charge is -2.16. The molecule has 3 nitrogen and oxygen atoms in total. The van der Waals surface area contributed by atoms with Gasteiger partial charge in [-0.15, -0.1) is 0 Å². The van der Waals surface area contributed by atoms with Crippen LogP contribution in [0.1, 0.15) is 26.0 Å². The first-order chi connectivity index (χ1) is 8.36. The van der Waals surface area contributed by atoms with Gasteiger partial charge in [-0.1, -0.05) is 13.0 Å². The molecule has 0 aliphatic heterocycles. The van der Waals surface area contributed by atoms with E-state index >= 15 is 0 Å². The third-order valence-electron chi connectivity index (χ3n) is 2.78. The van der Waals surface area contributed by atoms with Crippen LogP contribution in [0.2, 0.25) is 0 Å². The molecule has 1 aromatic heterocycles. The molecule has 0 aliphatic carbocycles. The van der Waals surface area contributed by atoms with Crippen molar-refractivity contribution in [3.63, 3.8) is 0 Å². The number of pyridine rings is 1. The van der Waals surface area contributed by atoms with E-state index in [1.54, 1.807) is 0 Å². The number of aromatic nitrogens is 1. The first-order valence-corrected chi connectivity index (χ1v) is 5.86. The number of halogens is 3. The highest BCUT2D eigenvalue weighted by Crippen LogP contribution is 2.27. The summed E-state index contributed by atoms with van der Waals surface area (Å²) in [4.78, 5) is 11.5. The molecule has 102 valence electrons. The molecule has 0 bridgehead atoms. The molecule has 0 spiro atoms. The Labute approximate surface area is 104 Å². The molecule has 0 fully saturated rings. The van der Waals surface area contributed by atoms with E-state index in [1.165, 1.54) is 0 Å². The number of nitrogens with one attached hydrogen (secondary N) is 1. The van der Waals surface area contributed by atoms with E-state index in [1.807, 2.05) is 13.8 Å². The molecule has 1 unspecified atom stereocenters. The number of alkyl halides is 3. The Morgan fingerprint density at radius 2 is 2.06 bits per heavy atom. The largest absolute Gasteiger partial charge is 0.431 e. The zero-order valence-electron chi connectivity index (χ0n) is 10.4. The van der Waals surface area contributed by atoms with E-state index in [0.717, 1.165) is 29.2 Å². The molecule has 1 heterocycles. The topological polar surface area (TPSA) is 34.0 Å². The van der Waals surface area contributed by atoms with Gasteiger partial charge in [0.1, 0.15) is 5.69 Å². The van der Waals surface area contributed by atoms with Crippen LogP contribution in [-0.4, -0.2) is 17.2 Å². The summed E-state index contributed by atoms with van der Waals surface area (Å²) in [6, 6.07) is 3.41. The maximum absolute atomic E-state index is 12.7. The van der Waals surface area contributed by atoms with Crippen molar-refractivity contribution < 1.29 is 13.2 Å². The molecular formula is C12H17F3N2O. The van der Waals surface area contributed by atoms with Crippen LogP contribution in [0.3, 0.4) is 0 Å². The first-order valence-electron chi connectivity index (χ1n) is 5.86. The smallest absolute Gasteiger partial charge is 0.312 e. The fourth-order valence-corrected chi connectivity index (χ4v) is 1.57. The zero-order chi connectivity index (χ0) is 13.8. The van der Waals surface area contributed by atoms with Gasteiger partial charge in [0.2, 0.25) is 0 Å². The van der Waals surface area contributed by atoms with Crippen molar-refractivity contribution in [2.24, 2.45) is 0 Å². The third kappa shape index (κ3) is 3.87. The lowest BCUT2D eigenvalue weighted by molar-refractivity contribution is -0.144. The van der Waals surface area contributed by atoms with Crippen molar-refractivity contribution in [3.05, 3.63) is 34.2 Å². The molecule has 0 amide bonds. The average molecular weight is 262 g/mol. The maximum atomic E-state index is 12.7. The monoisotopic (exact) mass is 262 g/mol. The summed E-state index contributed by atoms with van der Waals surface area (Å²) in [5.41, 5.74) is -1.53. The van der Waals surface area contributed by atoms with Crippen molar-refractivity contribution in [3.8, 4) is 0 Å². The van der Waals surface area contributed by atoms with Gasteiger partial charge >= 0.3 is 6.18 Å².